The number of hydrogen-bond donors (Lipinski definition) is 1. The first-order valence-corrected chi connectivity index (χ1v) is 6.13. The van der Waals surface area contributed by atoms with Crippen molar-refractivity contribution in [1.82, 2.24) is 0 Å². The monoisotopic (exact) mass is 260 g/mol. The topological polar surface area (TPSA) is 29.5 Å². The Balaban J connectivity index is 2.23. The molecule has 0 aromatic heterocycles. The Bertz CT molecular complexity index is 550. The Morgan fingerprint density at radius 1 is 1.16 bits per heavy atom. The molecule has 0 saturated heterocycles. The molecule has 2 aromatic carbocycles. The summed E-state index contributed by atoms with van der Waals surface area (Å²) in [7, 11) is 1.43. The van der Waals surface area contributed by atoms with Crippen LogP contribution in [0.2, 0.25) is 0 Å². The molecule has 100 valence electrons. The van der Waals surface area contributed by atoms with E-state index in [4.69, 9.17) is 4.74 Å². The number of methoxy groups -OCH3 is 1. The van der Waals surface area contributed by atoms with Crippen molar-refractivity contribution < 1.29 is 14.2 Å². The van der Waals surface area contributed by atoms with Gasteiger partial charge in [0.1, 0.15) is 0 Å². The Morgan fingerprint density at radius 2 is 1.84 bits per heavy atom. The SMILES string of the molecule is COc1ccc(CC(C)(O)c2ccccc2)cc1F. The average molecular weight is 260 g/mol. The highest BCUT2D eigenvalue weighted by Gasteiger charge is 2.23. The molecule has 0 bridgehead atoms. The first kappa shape index (κ1) is 13.6. The third-order valence-corrected chi connectivity index (χ3v) is 3.16. The second-order valence-corrected chi connectivity index (χ2v) is 4.79. The Hall–Kier alpha value is -1.87. The molecule has 2 rings (SSSR count). The van der Waals surface area contributed by atoms with E-state index in [0.717, 1.165) is 11.1 Å². The van der Waals surface area contributed by atoms with Crippen LogP contribution >= 0.6 is 0 Å². The average Bonchev–Trinajstić information content (AvgIpc) is 2.39. The highest BCUT2D eigenvalue weighted by atomic mass is 19.1. The van der Waals surface area contributed by atoms with Gasteiger partial charge in [0.05, 0.1) is 12.7 Å². The van der Waals surface area contributed by atoms with Crippen molar-refractivity contribution in [3.63, 3.8) is 0 Å². The number of aliphatic hydroxyl groups is 1. The van der Waals surface area contributed by atoms with Crippen molar-refractivity contribution in [2.45, 2.75) is 18.9 Å². The largest absolute Gasteiger partial charge is 0.494 e. The van der Waals surface area contributed by atoms with Crippen molar-refractivity contribution in [2.24, 2.45) is 0 Å². The van der Waals surface area contributed by atoms with Gasteiger partial charge in [-0.05, 0) is 30.2 Å². The van der Waals surface area contributed by atoms with Crippen molar-refractivity contribution >= 4 is 0 Å². The minimum atomic E-state index is -1.03. The van der Waals surface area contributed by atoms with Crippen LogP contribution in [0.15, 0.2) is 48.5 Å². The van der Waals surface area contributed by atoms with E-state index in [9.17, 15) is 9.50 Å². The van der Waals surface area contributed by atoms with Gasteiger partial charge in [-0.15, -0.1) is 0 Å². The lowest BCUT2D eigenvalue weighted by Gasteiger charge is -2.24. The van der Waals surface area contributed by atoms with Gasteiger partial charge in [-0.25, -0.2) is 4.39 Å². The van der Waals surface area contributed by atoms with E-state index >= 15 is 0 Å². The predicted octanol–water partition coefficient (Wildman–Crippen LogP) is 3.28. The van der Waals surface area contributed by atoms with Crippen LogP contribution in [-0.2, 0) is 12.0 Å². The molecule has 0 aliphatic heterocycles. The maximum Gasteiger partial charge on any atom is 0.165 e. The summed E-state index contributed by atoms with van der Waals surface area (Å²) in [4.78, 5) is 0. The van der Waals surface area contributed by atoms with Gasteiger partial charge in [0, 0.05) is 6.42 Å². The zero-order valence-electron chi connectivity index (χ0n) is 11.1. The molecule has 19 heavy (non-hydrogen) atoms. The van der Waals surface area contributed by atoms with Gasteiger partial charge in [0.25, 0.3) is 0 Å². The summed E-state index contributed by atoms with van der Waals surface area (Å²) in [6, 6.07) is 14.1. The Morgan fingerprint density at radius 3 is 2.42 bits per heavy atom. The van der Waals surface area contributed by atoms with E-state index in [2.05, 4.69) is 0 Å². The summed E-state index contributed by atoms with van der Waals surface area (Å²) >= 11 is 0. The van der Waals surface area contributed by atoms with Gasteiger partial charge in [-0.1, -0.05) is 36.4 Å². The molecular formula is C16H17FO2. The van der Waals surface area contributed by atoms with Crippen LogP contribution in [0.4, 0.5) is 4.39 Å². The van der Waals surface area contributed by atoms with Crippen LogP contribution < -0.4 is 4.74 Å². The third kappa shape index (κ3) is 3.12. The van der Waals surface area contributed by atoms with Crippen LogP contribution in [0.5, 0.6) is 5.75 Å². The standard InChI is InChI=1S/C16H17FO2/c1-16(18,13-6-4-3-5-7-13)11-12-8-9-15(19-2)14(17)10-12/h3-10,18H,11H2,1-2H3. The fourth-order valence-corrected chi connectivity index (χ4v) is 2.12. The van der Waals surface area contributed by atoms with Crippen LogP contribution in [0, 0.1) is 5.82 Å². The Labute approximate surface area is 112 Å². The lowest BCUT2D eigenvalue weighted by atomic mass is 9.89. The van der Waals surface area contributed by atoms with Crippen LogP contribution in [-0.4, -0.2) is 12.2 Å². The van der Waals surface area contributed by atoms with E-state index in [1.165, 1.54) is 13.2 Å². The lowest BCUT2D eigenvalue weighted by molar-refractivity contribution is 0.0575. The molecule has 0 radical (unpaired) electrons. The molecule has 0 spiro atoms. The minimum absolute atomic E-state index is 0.211. The molecule has 3 heteroatoms. The molecule has 1 atom stereocenters. The zero-order valence-corrected chi connectivity index (χ0v) is 11.1. The molecule has 0 fully saturated rings. The van der Waals surface area contributed by atoms with E-state index in [1.54, 1.807) is 19.1 Å². The van der Waals surface area contributed by atoms with Gasteiger partial charge in [0.2, 0.25) is 0 Å². The predicted molar refractivity (Wildman–Crippen MR) is 72.7 cm³/mol. The number of halogens is 1. The van der Waals surface area contributed by atoms with Crippen LogP contribution in [0.1, 0.15) is 18.1 Å². The second-order valence-electron chi connectivity index (χ2n) is 4.79. The van der Waals surface area contributed by atoms with Crippen molar-refractivity contribution in [2.75, 3.05) is 7.11 Å². The summed E-state index contributed by atoms with van der Waals surface area (Å²) in [6.45, 7) is 1.73. The fraction of sp³-hybridized carbons (Fsp3) is 0.250. The minimum Gasteiger partial charge on any atom is -0.494 e. The molecule has 0 aliphatic carbocycles. The van der Waals surface area contributed by atoms with Crippen LogP contribution in [0.25, 0.3) is 0 Å². The summed E-state index contributed by atoms with van der Waals surface area (Å²) in [5, 5.41) is 10.5. The van der Waals surface area contributed by atoms with E-state index in [0.29, 0.717) is 6.42 Å². The number of benzene rings is 2. The maximum atomic E-state index is 13.6. The molecule has 0 aliphatic rings. The first-order chi connectivity index (χ1) is 9.03. The Kier molecular flexibility index (Phi) is 3.86. The number of ether oxygens (including phenoxy) is 1. The van der Waals surface area contributed by atoms with E-state index in [1.807, 2.05) is 30.3 Å². The van der Waals surface area contributed by atoms with Crippen molar-refractivity contribution in [1.29, 1.82) is 0 Å². The molecular weight excluding hydrogens is 243 g/mol. The molecule has 2 nitrogen and oxygen atoms in total. The zero-order chi connectivity index (χ0) is 13.9. The van der Waals surface area contributed by atoms with Gasteiger partial charge >= 0.3 is 0 Å². The molecule has 2 aromatic rings. The summed E-state index contributed by atoms with van der Waals surface area (Å²) < 4.78 is 18.5. The smallest absolute Gasteiger partial charge is 0.165 e. The second kappa shape index (κ2) is 5.41. The number of rotatable bonds is 4. The van der Waals surface area contributed by atoms with Gasteiger partial charge in [-0.3, -0.25) is 0 Å². The molecule has 0 heterocycles. The van der Waals surface area contributed by atoms with Gasteiger partial charge in [0.15, 0.2) is 11.6 Å². The summed E-state index contributed by atoms with van der Waals surface area (Å²) in [6.07, 6.45) is 0.345. The summed E-state index contributed by atoms with van der Waals surface area (Å²) in [5.74, 6) is -0.202. The fourth-order valence-electron chi connectivity index (χ4n) is 2.12. The molecule has 0 saturated carbocycles. The van der Waals surface area contributed by atoms with Crippen molar-refractivity contribution in [3.8, 4) is 5.75 Å². The van der Waals surface area contributed by atoms with Crippen molar-refractivity contribution in [3.05, 3.63) is 65.5 Å². The third-order valence-electron chi connectivity index (χ3n) is 3.16. The highest BCUT2D eigenvalue weighted by molar-refractivity contribution is 5.32. The number of hydrogen-bond acceptors (Lipinski definition) is 2. The molecule has 1 N–H and O–H groups in total. The first-order valence-electron chi connectivity index (χ1n) is 6.13. The van der Waals surface area contributed by atoms with E-state index < -0.39 is 11.4 Å². The molecule has 1 unspecified atom stereocenters. The van der Waals surface area contributed by atoms with Gasteiger partial charge in [-0.2, -0.15) is 0 Å². The molecule has 0 amide bonds. The summed E-state index contributed by atoms with van der Waals surface area (Å²) in [5.41, 5.74) is 0.515. The maximum absolute atomic E-state index is 13.6. The highest BCUT2D eigenvalue weighted by Crippen LogP contribution is 2.27. The van der Waals surface area contributed by atoms with Gasteiger partial charge < -0.3 is 9.84 Å². The normalized spacial score (nSPS) is 13.9. The lowest BCUT2D eigenvalue weighted by Crippen LogP contribution is -2.24. The van der Waals surface area contributed by atoms with E-state index in [-0.39, 0.29) is 5.75 Å². The quantitative estimate of drug-likeness (QED) is 0.914. The van der Waals surface area contributed by atoms with Crippen LogP contribution in [0.3, 0.4) is 0 Å².